The highest BCUT2D eigenvalue weighted by molar-refractivity contribution is 5.87. The summed E-state index contributed by atoms with van der Waals surface area (Å²) >= 11 is 0. The lowest BCUT2D eigenvalue weighted by Crippen LogP contribution is -2.46. The molecule has 1 aliphatic carbocycles. The molecule has 7 N–H and O–H groups in total. The van der Waals surface area contributed by atoms with E-state index in [1.165, 1.54) is 84.2 Å². The Balaban J connectivity index is 0.000000379. The number of aliphatic carboxylic acids is 1. The van der Waals surface area contributed by atoms with E-state index in [4.69, 9.17) is 65.0 Å². The number of rotatable bonds is 23. The minimum atomic E-state index is -1.29. The minimum Gasteiger partial charge on any atom is -0.497 e. The molecule has 3 unspecified atom stereocenters. The first-order chi connectivity index (χ1) is 39.5. The molecule has 0 aromatic heterocycles. The van der Waals surface area contributed by atoms with Crippen molar-refractivity contribution in [2.24, 2.45) is 5.92 Å². The summed E-state index contributed by atoms with van der Waals surface area (Å²) in [5, 5.41) is 85.3. The van der Waals surface area contributed by atoms with Crippen LogP contribution in [0.4, 0.5) is 0 Å². The third-order valence-corrected chi connectivity index (χ3v) is 11.7. The first-order valence-corrected chi connectivity index (χ1v) is 25.6. The molecule has 26 heteroatoms. The molecule has 3 atom stereocenters. The molecular weight excluding hydrogens is 1080 g/mol. The van der Waals surface area contributed by atoms with Crippen molar-refractivity contribution in [3.63, 3.8) is 0 Å². The summed E-state index contributed by atoms with van der Waals surface area (Å²) in [6.45, 7) is 4.99. The lowest BCUT2D eigenvalue weighted by molar-refractivity contribution is -0.174. The van der Waals surface area contributed by atoms with Crippen LogP contribution in [-0.2, 0) is 33.5 Å². The third-order valence-electron chi connectivity index (χ3n) is 11.7. The summed E-state index contributed by atoms with van der Waals surface area (Å²) in [6.07, 6.45) is 2.04. The number of nitrogens with one attached hydrogen (secondary N) is 2. The van der Waals surface area contributed by atoms with Crippen molar-refractivity contribution < 1.29 is 83.1 Å². The standard InChI is InChI=1S/C16H20N2O3.C15H19N3O5.C13H14N2O5.C13H16N2O4/c1-18(20)16(19)15(12-7-3-2-4-8-12)21-14-10-6-5-9-13(14)11-17;1-22-8-4-7-17-14(19)9-13(15(20)18-21)23-12-6-3-2-5-11(12)10-16;1-9(13(18)15(19)7-6-12(16)17)20-11-5-3-2-4-10(11)8-14;1-13(2,12(16)15(3)17)19-11-6-5-10(18-4)7-9(11)8-14/h5-6,9-10,12,15,20H,2-4,7-8H2,1H3;2-3,5-6,13,21H,4,7-9H2,1H3,(H,17,19)(H,18,20);2-5,9,19H,6-7H2,1H3,(H,16,17);5-7,17H,1-4H3. The van der Waals surface area contributed by atoms with Gasteiger partial charge in [-0.05, 0) is 88.6 Å². The number of ether oxygens (including phenoxy) is 6. The molecule has 83 heavy (non-hydrogen) atoms. The molecule has 1 saturated carbocycles. The smallest absolute Gasteiger partial charge is 0.305 e. The summed E-state index contributed by atoms with van der Waals surface area (Å²) in [7, 11) is 5.57. The number of hydrogen-bond acceptors (Lipinski definition) is 20. The van der Waals surface area contributed by atoms with Crippen molar-refractivity contribution in [1.29, 1.82) is 21.0 Å². The van der Waals surface area contributed by atoms with Gasteiger partial charge in [0.1, 0.15) is 53.0 Å². The van der Waals surface area contributed by atoms with E-state index in [1.807, 2.05) is 18.2 Å². The number of benzene rings is 4. The lowest BCUT2D eigenvalue weighted by atomic mass is 9.84. The van der Waals surface area contributed by atoms with Crippen LogP contribution >= 0.6 is 0 Å². The van der Waals surface area contributed by atoms with Gasteiger partial charge in [-0.25, -0.2) is 20.7 Å². The van der Waals surface area contributed by atoms with Crippen LogP contribution < -0.4 is 34.5 Å². The molecule has 0 saturated heterocycles. The Morgan fingerprint density at radius 2 is 1.22 bits per heavy atom. The summed E-state index contributed by atoms with van der Waals surface area (Å²) in [6, 6.07) is 32.1. The topological polar surface area (TPSA) is 388 Å². The number of amides is 5. The van der Waals surface area contributed by atoms with E-state index in [1.54, 1.807) is 67.8 Å². The maximum absolute atomic E-state index is 12.2. The number of nitrogens with zero attached hydrogens (tertiary/aromatic N) is 7. The lowest BCUT2D eigenvalue weighted by Gasteiger charge is -2.30. The Bertz CT molecular complexity index is 2940. The quantitative estimate of drug-likeness (QED) is 0.0267. The number of carbonyl (C=O) groups is 6. The van der Waals surface area contributed by atoms with Gasteiger partial charge in [0, 0.05) is 46.3 Å². The average molecular weight is 1150 g/mol. The third kappa shape index (κ3) is 24.0. The van der Waals surface area contributed by atoms with Crippen molar-refractivity contribution >= 4 is 35.5 Å². The molecule has 4 aromatic rings. The minimum absolute atomic E-state index is 0.0765. The first-order valence-electron chi connectivity index (χ1n) is 25.6. The molecule has 444 valence electrons. The zero-order valence-corrected chi connectivity index (χ0v) is 47.0. The van der Waals surface area contributed by atoms with E-state index in [0.717, 1.165) is 25.7 Å². The van der Waals surface area contributed by atoms with Crippen LogP contribution in [0.1, 0.15) is 94.4 Å². The van der Waals surface area contributed by atoms with Gasteiger partial charge >= 0.3 is 5.97 Å². The van der Waals surface area contributed by atoms with Crippen LogP contribution in [0.3, 0.4) is 0 Å². The fourth-order valence-corrected chi connectivity index (χ4v) is 7.47. The van der Waals surface area contributed by atoms with E-state index >= 15 is 0 Å². The predicted molar refractivity (Wildman–Crippen MR) is 290 cm³/mol. The maximum atomic E-state index is 12.2. The molecule has 5 rings (SSSR count). The van der Waals surface area contributed by atoms with Crippen LogP contribution in [0.25, 0.3) is 0 Å². The number of likely N-dealkylation sites (N-methyl/N-ethyl adjacent to an activating group) is 2. The van der Waals surface area contributed by atoms with E-state index in [-0.39, 0.29) is 59.2 Å². The fourth-order valence-electron chi connectivity index (χ4n) is 7.47. The van der Waals surface area contributed by atoms with Crippen LogP contribution in [0.5, 0.6) is 28.7 Å². The van der Waals surface area contributed by atoms with Gasteiger partial charge in [0.05, 0.1) is 48.8 Å². The Labute approximate surface area is 480 Å². The summed E-state index contributed by atoms with van der Waals surface area (Å²) in [4.78, 5) is 69.5. The van der Waals surface area contributed by atoms with Crippen LogP contribution in [-0.4, -0.2) is 149 Å². The van der Waals surface area contributed by atoms with Gasteiger partial charge < -0.3 is 38.8 Å². The summed E-state index contributed by atoms with van der Waals surface area (Å²) in [5.74, 6) is -2.64. The van der Waals surface area contributed by atoms with Crippen molar-refractivity contribution in [2.45, 2.75) is 96.1 Å². The van der Waals surface area contributed by atoms with Gasteiger partial charge in [-0.3, -0.25) is 49.6 Å². The largest absolute Gasteiger partial charge is 0.497 e. The van der Waals surface area contributed by atoms with Crippen LogP contribution in [0.2, 0.25) is 0 Å². The van der Waals surface area contributed by atoms with Crippen molar-refractivity contribution in [2.75, 3.05) is 48.0 Å². The highest BCUT2D eigenvalue weighted by Gasteiger charge is 2.35. The van der Waals surface area contributed by atoms with E-state index < -0.39 is 59.4 Å². The van der Waals surface area contributed by atoms with Crippen LogP contribution in [0.15, 0.2) is 91.0 Å². The van der Waals surface area contributed by atoms with Gasteiger partial charge in [0.15, 0.2) is 23.9 Å². The summed E-state index contributed by atoms with van der Waals surface area (Å²) < 4.78 is 31.9. The molecule has 4 aromatic carbocycles. The van der Waals surface area contributed by atoms with Gasteiger partial charge in [-0.2, -0.15) is 21.0 Å². The maximum Gasteiger partial charge on any atom is 0.305 e. The number of methoxy groups -OCH3 is 2. The molecule has 26 nitrogen and oxygen atoms in total. The SMILES string of the molecule is CC(Oc1ccccc1C#N)C(=O)N(O)CCC(=O)O.CN(O)C(=O)C(Oc1ccccc1C#N)C1CCCCC1.COCCCNC(=O)CC(Oc1ccccc1C#N)C(=O)NO.COc1ccc(OC(C)(C)C(=O)N(C)O)c(C#N)c1. The van der Waals surface area contributed by atoms with Crippen molar-refractivity contribution in [3.8, 4) is 53.0 Å². The molecular formula is C57H69N9O17. The van der Waals surface area contributed by atoms with E-state index in [2.05, 4.69) is 11.4 Å². The Kier molecular flexibility index (Phi) is 30.7. The second kappa shape index (κ2) is 36.7. The normalized spacial score (nSPS) is 12.5. The average Bonchev–Trinajstić information content (AvgIpc) is 3.50. The number of carboxylic acid groups (broad SMARTS) is 1. The number of carbonyl (C=O) groups excluding carboxylic acids is 5. The zero-order chi connectivity index (χ0) is 62.1. The predicted octanol–water partition coefficient (Wildman–Crippen LogP) is 5.68. The number of carboxylic acids is 1. The zero-order valence-electron chi connectivity index (χ0n) is 47.0. The number of nitriles is 4. The Morgan fingerprint density at radius 1 is 0.699 bits per heavy atom. The Morgan fingerprint density at radius 3 is 1.69 bits per heavy atom. The molecule has 1 fully saturated rings. The van der Waals surface area contributed by atoms with Crippen molar-refractivity contribution in [3.05, 3.63) is 113 Å². The number of hydrogen-bond donors (Lipinski definition) is 7. The monoisotopic (exact) mass is 1150 g/mol. The molecule has 0 aliphatic heterocycles. The second-order valence-corrected chi connectivity index (χ2v) is 18.4. The number of hydroxylamine groups is 7. The van der Waals surface area contributed by atoms with E-state index in [0.29, 0.717) is 51.8 Å². The van der Waals surface area contributed by atoms with Gasteiger partial charge in [-0.1, -0.05) is 55.7 Å². The van der Waals surface area contributed by atoms with Gasteiger partial charge in [-0.15, -0.1) is 0 Å². The second-order valence-electron chi connectivity index (χ2n) is 18.4. The van der Waals surface area contributed by atoms with Crippen LogP contribution in [0, 0.1) is 51.2 Å². The van der Waals surface area contributed by atoms with E-state index in [9.17, 15) is 39.2 Å². The van der Waals surface area contributed by atoms with Gasteiger partial charge in [0.25, 0.3) is 23.6 Å². The Hall–Kier alpha value is -9.54. The molecule has 0 heterocycles. The highest BCUT2D eigenvalue weighted by Crippen LogP contribution is 2.31. The molecule has 1 aliphatic rings. The fraction of sp³-hybridized carbons (Fsp3) is 0.404. The molecule has 0 radical (unpaired) electrons. The van der Waals surface area contributed by atoms with Gasteiger partial charge in [0.2, 0.25) is 5.91 Å². The first kappa shape index (κ1) is 69.6. The summed E-state index contributed by atoms with van der Waals surface area (Å²) in [5.41, 5.74) is 1.31. The number of para-hydroxylation sites is 3. The molecule has 0 spiro atoms. The van der Waals surface area contributed by atoms with Crippen molar-refractivity contribution in [1.82, 2.24) is 26.0 Å². The molecule has 5 amide bonds. The molecule has 0 bridgehead atoms. The highest BCUT2D eigenvalue weighted by atomic mass is 16.6.